The fourth-order valence-electron chi connectivity index (χ4n) is 3.10. The van der Waals surface area contributed by atoms with E-state index < -0.39 is 17.6 Å². The zero-order valence-corrected chi connectivity index (χ0v) is 12.0. The lowest BCUT2D eigenvalue weighted by Crippen LogP contribution is -2.17. The predicted octanol–water partition coefficient (Wildman–Crippen LogP) is 3.82. The predicted molar refractivity (Wildman–Crippen MR) is 70.8 cm³/mol. The summed E-state index contributed by atoms with van der Waals surface area (Å²) in [6, 6.07) is 4.82. The van der Waals surface area contributed by atoms with E-state index in [9.17, 15) is 18.8 Å². The Morgan fingerprint density at radius 1 is 1.25 bits per heavy atom. The van der Waals surface area contributed by atoms with E-state index in [1.807, 2.05) is 33.8 Å². The molecule has 1 aliphatic rings. The van der Waals surface area contributed by atoms with Crippen LogP contribution in [0.3, 0.4) is 0 Å². The number of carbonyl (C=O) groups excluding carboxylic acids is 1. The third kappa shape index (κ3) is 1.93. The van der Waals surface area contributed by atoms with Crippen molar-refractivity contribution in [1.82, 2.24) is 0 Å². The number of hydrogen-bond donors (Lipinski definition) is 0. The van der Waals surface area contributed by atoms with Crippen LogP contribution in [0.25, 0.3) is 0 Å². The minimum absolute atomic E-state index is 0.0441. The van der Waals surface area contributed by atoms with E-state index in [-0.39, 0.29) is 28.1 Å². The molecule has 0 saturated heterocycles. The van der Waals surface area contributed by atoms with E-state index in [1.54, 1.807) is 0 Å². The van der Waals surface area contributed by atoms with Crippen molar-refractivity contribution < 1.29 is 13.6 Å². The highest BCUT2D eigenvalue weighted by molar-refractivity contribution is 5.94. The molecule has 1 aromatic rings. The topological polar surface area (TPSA) is 40.9 Å². The van der Waals surface area contributed by atoms with Crippen molar-refractivity contribution in [3.05, 3.63) is 35.4 Å². The number of rotatable bonds is 3. The third-order valence-electron chi connectivity index (χ3n) is 4.99. The van der Waals surface area contributed by atoms with Crippen molar-refractivity contribution in [3.8, 4) is 6.07 Å². The van der Waals surface area contributed by atoms with Crippen molar-refractivity contribution in [2.75, 3.05) is 0 Å². The summed E-state index contributed by atoms with van der Waals surface area (Å²) in [6.07, 6.45) is 0. The number of Topliss-reactive ketones (excluding diaryl/α,β-unsaturated/α-hetero) is 1. The first kappa shape index (κ1) is 14.6. The van der Waals surface area contributed by atoms with Gasteiger partial charge >= 0.3 is 0 Å². The summed E-state index contributed by atoms with van der Waals surface area (Å²) in [5, 5.41) is 9.23. The molecule has 1 fully saturated rings. The molecule has 0 bridgehead atoms. The lowest BCUT2D eigenvalue weighted by Gasteiger charge is -2.11. The number of hydrogen-bond acceptors (Lipinski definition) is 2. The highest BCUT2D eigenvalue weighted by atomic mass is 19.1. The fraction of sp³-hybridized carbons (Fsp3) is 0.500. The third-order valence-corrected chi connectivity index (χ3v) is 4.99. The molecule has 20 heavy (non-hydrogen) atoms. The first-order valence-electron chi connectivity index (χ1n) is 6.53. The van der Waals surface area contributed by atoms with Gasteiger partial charge in [0.2, 0.25) is 0 Å². The van der Waals surface area contributed by atoms with Crippen LogP contribution in [-0.2, 0) is 4.79 Å². The number of nitriles is 1. The monoisotopic (exact) mass is 277 g/mol. The van der Waals surface area contributed by atoms with Gasteiger partial charge in [0.15, 0.2) is 5.78 Å². The van der Waals surface area contributed by atoms with Gasteiger partial charge in [-0.2, -0.15) is 5.26 Å². The highest BCUT2D eigenvalue weighted by Gasteiger charge is 2.68. The SMILES string of the molecule is CC1(C)C(C(=O)C(C#N)c2ccc(F)cc2F)C1(C)C. The van der Waals surface area contributed by atoms with Gasteiger partial charge in [-0.1, -0.05) is 33.8 Å². The molecule has 0 spiro atoms. The molecule has 1 atom stereocenters. The standard InChI is InChI=1S/C16H17F2NO/c1-15(2)14(16(15,3)4)13(20)11(8-19)10-6-5-9(17)7-12(10)18/h5-7,11,14H,1-4H3. The van der Waals surface area contributed by atoms with Crippen LogP contribution >= 0.6 is 0 Å². The average molecular weight is 277 g/mol. The van der Waals surface area contributed by atoms with Crippen LogP contribution in [0.2, 0.25) is 0 Å². The van der Waals surface area contributed by atoms with E-state index in [2.05, 4.69) is 0 Å². The van der Waals surface area contributed by atoms with Crippen LogP contribution in [0.5, 0.6) is 0 Å². The molecule has 0 radical (unpaired) electrons. The molecule has 0 heterocycles. The Morgan fingerprint density at radius 3 is 2.20 bits per heavy atom. The quantitative estimate of drug-likeness (QED) is 0.842. The normalized spacial score (nSPS) is 21.1. The molecular formula is C16H17F2NO. The molecule has 1 aromatic carbocycles. The zero-order valence-electron chi connectivity index (χ0n) is 12.0. The fourth-order valence-corrected chi connectivity index (χ4v) is 3.10. The molecular weight excluding hydrogens is 260 g/mol. The minimum atomic E-state index is -1.18. The summed E-state index contributed by atoms with van der Waals surface area (Å²) >= 11 is 0. The van der Waals surface area contributed by atoms with Gasteiger partial charge in [-0.3, -0.25) is 4.79 Å². The summed E-state index contributed by atoms with van der Waals surface area (Å²) in [6.45, 7) is 7.85. The second kappa shape index (κ2) is 4.37. The molecule has 2 nitrogen and oxygen atoms in total. The number of carbonyl (C=O) groups is 1. The molecule has 0 aliphatic heterocycles. The minimum Gasteiger partial charge on any atom is -0.297 e. The summed E-state index contributed by atoms with van der Waals surface area (Å²) in [7, 11) is 0. The average Bonchev–Trinajstić information content (AvgIpc) is 2.73. The van der Waals surface area contributed by atoms with Crippen LogP contribution in [0.15, 0.2) is 18.2 Å². The summed E-state index contributed by atoms with van der Waals surface area (Å²) in [5.74, 6) is -3.32. The molecule has 4 heteroatoms. The number of benzene rings is 1. The van der Waals surface area contributed by atoms with Gasteiger partial charge in [-0.05, 0) is 16.9 Å². The maximum Gasteiger partial charge on any atom is 0.158 e. The lowest BCUT2D eigenvalue weighted by molar-refractivity contribution is -0.121. The van der Waals surface area contributed by atoms with Crippen LogP contribution in [-0.4, -0.2) is 5.78 Å². The molecule has 1 saturated carbocycles. The Balaban J connectivity index is 2.36. The lowest BCUT2D eigenvalue weighted by atomic mass is 9.90. The zero-order chi connectivity index (χ0) is 15.3. The number of ketones is 1. The Kier molecular flexibility index (Phi) is 3.20. The Labute approximate surface area is 117 Å². The van der Waals surface area contributed by atoms with E-state index in [0.717, 1.165) is 6.07 Å². The molecule has 1 unspecified atom stereocenters. The number of halogens is 2. The van der Waals surface area contributed by atoms with Gasteiger partial charge in [0, 0.05) is 17.5 Å². The Hall–Kier alpha value is -1.76. The van der Waals surface area contributed by atoms with Gasteiger partial charge in [-0.15, -0.1) is 0 Å². The molecule has 0 N–H and O–H groups in total. The summed E-state index contributed by atoms with van der Waals surface area (Å²) in [4.78, 5) is 12.5. The van der Waals surface area contributed by atoms with E-state index in [4.69, 9.17) is 0 Å². The van der Waals surface area contributed by atoms with Crippen molar-refractivity contribution >= 4 is 5.78 Å². The van der Waals surface area contributed by atoms with Crippen molar-refractivity contribution in [1.29, 1.82) is 5.26 Å². The van der Waals surface area contributed by atoms with Crippen molar-refractivity contribution in [3.63, 3.8) is 0 Å². The van der Waals surface area contributed by atoms with Gasteiger partial charge in [0.25, 0.3) is 0 Å². The molecule has 106 valence electrons. The first-order chi connectivity index (χ1) is 9.14. The highest BCUT2D eigenvalue weighted by Crippen LogP contribution is 2.69. The Bertz CT molecular complexity index is 599. The van der Waals surface area contributed by atoms with Gasteiger partial charge in [0.1, 0.15) is 17.6 Å². The van der Waals surface area contributed by atoms with Crippen LogP contribution in [0, 0.1) is 39.7 Å². The number of nitrogens with zero attached hydrogens (tertiary/aromatic N) is 1. The molecule has 1 aliphatic carbocycles. The van der Waals surface area contributed by atoms with E-state index in [1.165, 1.54) is 6.07 Å². The van der Waals surface area contributed by atoms with Crippen molar-refractivity contribution in [2.24, 2.45) is 16.7 Å². The van der Waals surface area contributed by atoms with Crippen LogP contribution < -0.4 is 0 Å². The van der Waals surface area contributed by atoms with Crippen LogP contribution in [0.4, 0.5) is 8.78 Å². The Morgan fingerprint density at radius 2 is 1.80 bits per heavy atom. The second-order valence-corrected chi connectivity index (χ2v) is 6.51. The van der Waals surface area contributed by atoms with E-state index in [0.29, 0.717) is 6.07 Å². The van der Waals surface area contributed by atoms with Gasteiger partial charge in [-0.25, -0.2) is 8.78 Å². The van der Waals surface area contributed by atoms with Gasteiger partial charge in [0.05, 0.1) is 6.07 Å². The maximum atomic E-state index is 13.8. The molecule has 0 aromatic heterocycles. The van der Waals surface area contributed by atoms with Crippen molar-refractivity contribution in [2.45, 2.75) is 33.6 Å². The van der Waals surface area contributed by atoms with E-state index >= 15 is 0 Å². The van der Waals surface area contributed by atoms with Gasteiger partial charge < -0.3 is 0 Å². The summed E-state index contributed by atoms with van der Waals surface area (Å²) in [5.41, 5.74) is -0.469. The second-order valence-electron chi connectivity index (χ2n) is 6.51. The molecule has 0 amide bonds. The first-order valence-corrected chi connectivity index (χ1v) is 6.53. The molecule has 2 rings (SSSR count). The maximum absolute atomic E-state index is 13.8. The smallest absolute Gasteiger partial charge is 0.158 e. The van der Waals surface area contributed by atoms with Crippen LogP contribution in [0.1, 0.15) is 39.2 Å². The largest absolute Gasteiger partial charge is 0.297 e. The summed E-state index contributed by atoms with van der Waals surface area (Å²) < 4.78 is 26.7.